The lowest BCUT2D eigenvalue weighted by Crippen LogP contribution is -2.24. The molecule has 0 fully saturated rings. The standard InChI is InChI=1S/C15H24F2O2Si/c1-3-9-18-20(19-10-4-2)11-5-6-13-7-8-14(16)15(17)12-13/h7-8,12,20H,3-6,9-11H2,1-2H3. The van der Waals surface area contributed by atoms with Crippen LogP contribution in [0.3, 0.4) is 0 Å². The van der Waals surface area contributed by atoms with Crippen LogP contribution in [-0.4, -0.2) is 22.5 Å². The average Bonchev–Trinajstić information content (AvgIpc) is 2.45. The van der Waals surface area contributed by atoms with Crippen molar-refractivity contribution in [3.05, 3.63) is 35.4 Å². The highest BCUT2D eigenvalue weighted by molar-refractivity contribution is 6.44. The number of benzene rings is 1. The molecule has 0 aliphatic heterocycles. The van der Waals surface area contributed by atoms with Crippen LogP contribution < -0.4 is 0 Å². The summed E-state index contributed by atoms with van der Waals surface area (Å²) < 4.78 is 37.4. The van der Waals surface area contributed by atoms with Crippen LogP contribution in [0.4, 0.5) is 8.78 Å². The molecule has 114 valence electrons. The van der Waals surface area contributed by atoms with Gasteiger partial charge in [-0.15, -0.1) is 0 Å². The largest absolute Gasteiger partial charge is 0.397 e. The highest BCUT2D eigenvalue weighted by Gasteiger charge is 2.13. The second kappa shape index (κ2) is 10.0. The first-order valence-electron chi connectivity index (χ1n) is 7.34. The summed E-state index contributed by atoms with van der Waals surface area (Å²) in [6, 6.07) is 4.99. The third-order valence-electron chi connectivity index (χ3n) is 2.91. The van der Waals surface area contributed by atoms with Crippen molar-refractivity contribution in [2.24, 2.45) is 0 Å². The maximum Gasteiger partial charge on any atom is 0.321 e. The molecule has 0 spiro atoms. The fraction of sp³-hybridized carbons (Fsp3) is 0.600. The van der Waals surface area contributed by atoms with Gasteiger partial charge in [0.2, 0.25) is 0 Å². The lowest BCUT2D eigenvalue weighted by Gasteiger charge is -2.16. The van der Waals surface area contributed by atoms with Gasteiger partial charge in [0.15, 0.2) is 11.6 Å². The van der Waals surface area contributed by atoms with Crippen molar-refractivity contribution in [2.45, 2.75) is 45.6 Å². The molecule has 20 heavy (non-hydrogen) atoms. The third-order valence-corrected chi connectivity index (χ3v) is 5.00. The van der Waals surface area contributed by atoms with E-state index < -0.39 is 20.9 Å². The lowest BCUT2D eigenvalue weighted by molar-refractivity contribution is 0.196. The van der Waals surface area contributed by atoms with Crippen LogP contribution in [-0.2, 0) is 15.3 Å². The van der Waals surface area contributed by atoms with E-state index in [-0.39, 0.29) is 0 Å². The Morgan fingerprint density at radius 1 is 1.00 bits per heavy atom. The molecule has 0 heterocycles. The molecular weight excluding hydrogens is 278 g/mol. The Kier molecular flexibility index (Phi) is 8.65. The van der Waals surface area contributed by atoms with Gasteiger partial charge in [-0.25, -0.2) is 8.78 Å². The van der Waals surface area contributed by atoms with Gasteiger partial charge in [0.1, 0.15) is 0 Å². The summed E-state index contributed by atoms with van der Waals surface area (Å²) in [5.74, 6) is -1.57. The van der Waals surface area contributed by atoms with Crippen LogP contribution >= 0.6 is 0 Å². The first kappa shape index (κ1) is 17.3. The highest BCUT2D eigenvalue weighted by atomic mass is 28.3. The van der Waals surface area contributed by atoms with Crippen molar-refractivity contribution >= 4 is 9.28 Å². The van der Waals surface area contributed by atoms with Gasteiger partial charge in [0.25, 0.3) is 0 Å². The smallest absolute Gasteiger partial charge is 0.321 e. The highest BCUT2D eigenvalue weighted by Crippen LogP contribution is 2.13. The summed E-state index contributed by atoms with van der Waals surface area (Å²) in [5.41, 5.74) is 0.822. The summed E-state index contributed by atoms with van der Waals surface area (Å²) in [4.78, 5) is 0. The molecule has 0 atom stereocenters. The zero-order chi connectivity index (χ0) is 14.8. The summed E-state index contributed by atoms with van der Waals surface area (Å²) in [5, 5.41) is 0. The maximum absolute atomic E-state index is 13.1. The zero-order valence-corrected chi connectivity index (χ0v) is 13.5. The average molecular weight is 302 g/mol. The fourth-order valence-corrected chi connectivity index (χ4v) is 3.85. The molecule has 1 aromatic rings. The third kappa shape index (κ3) is 6.59. The van der Waals surface area contributed by atoms with Crippen LogP contribution in [0.2, 0.25) is 6.04 Å². The zero-order valence-electron chi connectivity index (χ0n) is 12.3. The van der Waals surface area contributed by atoms with Crippen LogP contribution in [0.5, 0.6) is 0 Å². The fourth-order valence-electron chi connectivity index (χ4n) is 1.88. The summed E-state index contributed by atoms with van der Waals surface area (Å²) in [6.45, 7) is 5.64. The predicted octanol–water partition coefficient (Wildman–Crippen LogP) is 3.97. The van der Waals surface area contributed by atoms with E-state index in [1.165, 1.54) is 12.1 Å². The molecular formula is C15H24F2O2Si. The van der Waals surface area contributed by atoms with Crippen molar-refractivity contribution in [3.63, 3.8) is 0 Å². The van der Waals surface area contributed by atoms with E-state index >= 15 is 0 Å². The first-order valence-corrected chi connectivity index (χ1v) is 9.10. The molecule has 0 N–H and O–H groups in total. The predicted molar refractivity (Wildman–Crippen MR) is 79.1 cm³/mol. The Bertz CT molecular complexity index is 380. The minimum Gasteiger partial charge on any atom is -0.397 e. The van der Waals surface area contributed by atoms with Gasteiger partial charge >= 0.3 is 9.28 Å². The van der Waals surface area contributed by atoms with E-state index in [0.29, 0.717) is 0 Å². The minimum atomic E-state index is -1.60. The molecule has 5 heteroatoms. The van der Waals surface area contributed by atoms with Crippen molar-refractivity contribution in [1.29, 1.82) is 0 Å². The van der Waals surface area contributed by atoms with Gasteiger partial charge in [0.05, 0.1) is 0 Å². The molecule has 2 nitrogen and oxygen atoms in total. The SMILES string of the molecule is CCCO[SiH](CCCc1ccc(F)c(F)c1)OCCC. The number of halogens is 2. The van der Waals surface area contributed by atoms with Crippen LogP contribution in [0.25, 0.3) is 0 Å². The number of rotatable bonds is 10. The molecule has 0 radical (unpaired) electrons. The quantitative estimate of drug-likeness (QED) is 0.609. The minimum absolute atomic E-state index is 0.728. The van der Waals surface area contributed by atoms with Gasteiger partial charge in [-0.3, -0.25) is 0 Å². The van der Waals surface area contributed by atoms with Crippen LogP contribution in [0, 0.1) is 11.6 Å². The van der Waals surface area contributed by atoms with Crippen LogP contribution in [0.15, 0.2) is 18.2 Å². The van der Waals surface area contributed by atoms with Gasteiger partial charge < -0.3 is 8.85 Å². The van der Waals surface area contributed by atoms with E-state index in [1.807, 2.05) is 0 Å². The molecule has 0 aromatic heterocycles. The molecule has 1 aromatic carbocycles. The Morgan fingerprint density at radius 2 is 1.65 bits per heavy atom. The second-order valence-electron chi connectivity index (χ2n) is 4.81. The Morgan fingerprint density at radius 3 is 2.20 bits per heavy atom. The molecule has 0 aliphatic carbocycles. The monoisotopic (exact) mass is 302 g/mol. The first-order chi connectivity index (χ1) is 9.67. The van der Waals surface area contributed by atoms with Gasteiger partial charge in [-0.05, 0) is 49.4 Å². The molecule has 1 rings (SSSR count). The lowest BCUT2D eigenvalue weighted by atomic mass is 10.1. The summed E-state index contributed by atoms with van der Waals surface area (Å²) in [7, 11) is -1.60. The molecule has 0 saturated heterocycles. The van der Waals surface area contributed by atoms with E-state index in [4.69, 9.17) is 8.85 Å². The van der Waals surface area contributed by atoms with Crippen LogP contribution in [0.1, 0.15) is 38.7 Å². The normalized spacial score (nSPS) is 11.2. The number of hydrogen-bond donors (Lipinski definition) is 0. The van der Waals surface area contributed by atoms with Gasteiger partial charge in [0, 0.05) is 13.2 Å². The number of hydrogen-bond acceptors (Lipinski definition) is 2. The molecule has 0 saturated carbocycles. The summed E-state index contributed by atoms with van der Waals surface area (Å²) in [6.07, 6.45) is 3.59. The topological polar surface area (TPSA) is 18.5 Å². The molecule has 0 aliphatic rings. The van der Waals surface area contributed by atoms with Gasteiger partial charge in [-0.2, -0.15) is 0 Å². The summed E-state index contributed by atoms with van der Waals surface area (Å²) >= 11 is 0. The maximum atomic E-state index is 13.1. The molecule has 0 amide bonds. The van der Waals surface area contributed by atoms with E-state index in [0.717, 1.165) is 50.5 Å². The van der Waals surface area contributed by atoms with Crippen molar-refractivity contribution in [3.8, 4) is 0 Å². The van der Waals surface area contributed by atoms with Crippen molar-refractivity contribution in [1.82, 2.24) is 0 Å². The van der Waals surface area contributed by atoms with Crippen molar-refractivity contribution in [2.75, 3.05) is 13.2 Å². The number of aryl methyl sites for hydroxylation is 1. The molecule has 0 unspecified atom stereocenters. The van der Waals surface area contributed by atoms with E-state index in [2.05, 4.69) is 13.8 Å². The molecule has 0 bridgehead atoms. The Hall–Kier alpha value is -0.783. The Balaban J connectivity index is 2.36. The van der Waals surface area contributed by atoms with E-state index in [1.54, 1.807) is 6.07 Å². The Labute approximate surface area is 121 Å². The van der Waals surface area contributed by atoms with Crippen molar-refractivity contribution < 1.29 is 17.6 Å². The van der Waals surface area contributed by atoms with E-state index in [9.17, 15) is 8.78 Å². The second-order valence-corrected chi connectivity index (χ2v) is 6.91. The van der Waals surface area contributed by atoms with Gasteiger partial charge in [-0.1, -0.05) is 19.9 Å².